The Morgan fingerprint density at radius 1 is 1.26 bits per heavy atom. The van der Waals surface area contributed by atoms with Crippen LogP contribution in [0.1, 0.15) is 17.0 Å². The zero-order valence-corrected chi connectivity index (χ0v) is 15.8. The highest BCUT2D eigenvalue weighted by molar-refractivity contribution is 5.69. The second kappa shape index (κ2) is 7.55. The van der Waals surface area contributed by atoms with Crippen LogP contribution in [0.5, 0.6) is 0 Å². The largest absolute Gasteiger partial charge is 0.361 e. The summed E-state index contributed by atoms with van der Waals surface area (Å²) in [5, 5.41) is 14.0. The first kappa shape index (κ1) is 18.5. The van der Waals surface area contributed by atoms with Gasteiger partial charge in [0.1, 0.15) is 0 Å². The first-order chi connectivity index (χ1) is 12.8. The molecular formula is C19H22N6O2. The number of aryl methyl sites for hydroxylation is 1. The average Bonchev–Trinajstić information content (AvgIpc) is 2.88. The fraction of sp³-hybridized carbons (Fsp3) is 0.263. The van der Waals surface area contributed by atoms with Gasteiger partial charge in [-0.15, -0.1) is 0 Å². The topological polar surface area (TPSA) is 100.0 Å². The summed E-state index contributed by atoms with van der Waals surface area (Å²) < 4.78 is 0. The molecule has 2 aromatic heterocycles. The van der Waals surface area contributed by atoms with Gasteiger partial charge in [0.15, 0.2) is 0 Å². The molecule has 0 saturated heterocycles. The first-order valence-corrected chi connectivity index (χ1v) is 8.53. The van der Waals surface area contributed by atoms with Gasteiger partial charge in [0.25, 0.3) is 5.69 Å². The van der Waals surface area contributed by atoms with Crippen molar-refractivity contribution >= 4 is 17.3 Å². The van der Waals surface area contributed by atoms with Gasteiger partial charge in [0.05, 0.1) is 10.6 Å². The molecule has 27 heavy (non-hydrogen) atoms. The Bertz CT molecular complexity index is 980. The highest BCUT2D eigenvalue weighted by Crippen LogP contribution is 2.29. The number of nitro groups is 1. The van der Waals surface area contributed by atoms with Gasteiger partial charge in [0, 0.05) is 47.5 Å². The molecule has 2 N–H and O–H groups in total. The lowest BCUT2D eigenvalue weighted by Gasteiger charge is -2.09. The number of benzene rings is 1. The van der Waals surface area contributed by atoms with E-state index in [0.717, 1.165) is 34.8 Å². The zero-order chi connectivity index (χ0) is 19.6. The molecule has 0 aliphatic heterocycles. The summed E-state index contributed by atoms with van der Waals surface area (Å²) in [5.41, 5.74) is 5.79. The molecule has 8 heteroatoms. The van der Waals surface area contributed by atoms with Gasteiger partial charge in [-0.05, 0) is 45.6 Å². The van der Waals surface area contributed by atoms with Crippen LogP contribution in [-0.2, 0) is 6.54 Å². The maximum atomic E-state index is 10.9. The van der Waals surface area contributed by atoms with E-state index in [1.54, 1.807) is 18.3 Å². The van der Waals surface area contributed by atoms with Crippen molar-refractivity contribution in [3.63, 3.8) is 0 Å². The molecule has 0 fully saturated rings. The molecule has 3 aromatic rings. The Morgan fingerprint density at radius 3 is 2.74 bits per heavy atom. The van der Waals surface area contributed by atoms with Crippen LogP contribution >= 0.6 is 0 Å². The summed E-state index contributed by atoms with van der Waals surface area (Å²) in [6.45, 7) is 4.92. The van der Waals surface area contributed by atoms with Crippen LogP contribution in [0.15, 0.2) is 36.5 Å². The maximum absolute atomic E-state index is 10.9. The third-order valence-corrected chi connectivity index (χ3v) is 4.24. The lowest BCUT2D eigenvalue weighted by Crippen LogP contribution is -2.11. The Morgan fingerprint density at radius 2 is 2.04 bits per heavy atom. The number of non-ortho nitro benzene ring substituents is 1. The van der Waals surface area contributed by atoms with Crippen molar-refractivity contribution < 1.29 is 4.92 Å². The molecule has 0 bridgehead atoms. The fourth-order valence-electron chi connectivity index (χ4n) is 3.06. The summed E-state index contributed by atoms with van der Waals surface area (Å²) >= 11 is 0. The number of hydrogen-bond donors (Lipinski definition) is 2. The summed E-state index contributed by atoms with van der Waals surface area (Å²) in [7, 11) is 4.06. The number of nitrogens with zero attached hydrogens (tertiary/aromatic N) is 4. The van der Waals surface area contributed by atoms with E-state index in [-0.39, 0.29) is 5.69 Å². The van der Waals surface area contributed by atoms with Crippen molar-refractivity contribution in [3.8, 4) is 11.3 Å². The van der Waals surface area contributed by atoms with Gasteiger partial charge in [-0.25, -0.2) is 9.97 Å². The first-order valence-electron chi connectivity index (χ1n) is 8.53. The predicted molar refractivity (Wildman–Crippen MR) is 105 cm³/mol. The summed E-state index contributed by atoms with van der Waals surface area (Å²) in [6.07, 6.45) is 1.68. The van der Waals surface area contributed by atoms with Gasteiger partial charge in [-0.3, -0.25) is 10.1 Å². The number of rotatable bonds is 6. The van der Waals surface area contributed by atoms with Gasteiger partial charge < -0.3 is 15.2 Å². The van der Waals surface area contributed by atoms with E-state index in [1.165, 1.54) is 12.1 Å². The van der Waals surface area contributed by atoms with Gasteiger partial charge in [0.2, 0.25) is 5.95 Å². The van der Waals surface area contributed by atoms with E-state index >= 15 is 0 Å². The quantitative estimate of drug-likeness (QED) is 0.508. The lowest BCUT2D eigenvalue weighted by molar-refractivity contribution is -0.384. The third-order valence-electron chi connectivity index (χ3n) is 4.24. The van der Waals surface area contributed by atoms with Crippen molar-refractivity contribution in [1.29, 1.82) is 0 Å². The van der Waals surface area contributed by atoms with Crippen molar-refractivity contribution in [2.45, 2.75) is 20.4 Å². The van der Waals surface area contributed by atoms with Gasteiger partial charge in [-0.2, -0.15) is 0 Å². The summed E-state index contributed by atoms with van der Waals surface area (Å²) in [5.74, 6) is 0.391. The van der Waals surface area contributed by atoms with Crippen LogP contribution in [0.4, 0.5) is 17.3 Å². The van der Waals surface area contributed by atoms with Crippen LogP contribution in [0, 0.1) is 24.0 Å². The zero-order valence-electron chi connectivity index (χ0n) is 15.8. The van der Waals surface area contributed by atoms with Crippen LogP contribution in [0.3, 0.4) is 0 Å². The molecule has 2 heterocycles. The van der Waals surface area contributed by atoms with Crippen molar-refractivity contribution in [1.82, 2.24) is 19.9 Å². The van der Waals surface area contributed by atoms with E-state index in [1.807, 2.05) is 27.1 Å². The van der Waals surface area contributed by atoms with Gasteiger partial charge in [-0.1, -0.05) is 6.07 Å². The number of nitro benzene ring substituents is 1. The molecule has 0 spiro atoms. The van der Waals surface area contributed by atoms with E-state index in [9.17, 15) is 10.1 Å². The van der Waals surface area contributed by atoms with Crippen LogP contribution in [-0.4, -0.2) is 38.9 Å². The lowest BCUT2D eigenvalue weighted by atomic mass is 10.1. The average molecular weight is 366 g/mol. The number of H-pyrrole nitrogens is 1. The minimum absolute atomic E-state index is 0.0156. The highest BCUT2D eigenvalue weighted by atomic mass is 16.6. The molecule has 0 aliphatic rings. The fourth-order valence-corrected chi connectivity index (χ4v) is 3.06. The monoisotopic (exact) mass is 366 g/mol. The standard InChI is InChI=1S/C19H22N6O2/c1-12-17(11-24(3)4)21-13(2)18(12)16-8-9-20-19(23-16)22-14-6-5-7-15(10-14)25(26)27/h5-10,21H,11H2,1-4H3,(H,20,22,23). The summed E-state index contributed by atoms with van der Waals surface area (Å²) in [4.78, 5) is 24.9. The molecule has 1 aromatic carbocycles. The number of anilines is 2. The third kappa shape index (κ3) is 4.12. The van der Waals surface area contributed by atoms with Crippen LogP contribution < -0.4 is 5.32 Å². The van der Waals surface area contributed by atoms with E-state index < -0.39 is 4.92 Å². The molecule has 0 atom stereocenters. The van der Waals surface area contributed by atoms with Crippen molar-refractivity contribution in [3.05, 3.63) is 63.6 Å². The minimum Gasteiger partial charge on any atom is -0.361 e. The molecule has 0 aliphatic carbocycles. The molecule has 8 nitrogen and oxygen atoms in total. The highest BCUT2D eigenvalue weighted by Gasteiger charge is 2.15. The molecule has 0 unspecified atom stereocenters. The second-order valence-electron chi connectivity index (χ2n) is 6.66. The molecule has 0 amide bonds. The van der Waals surface area contributed by atoms with Crippen LogP contribution in [0.2, 0.25) is 0 Å². The Hall–Kier alpha value is -3.26. The van der Waals surface area contributed by atoms with Crippen molar-refractivity contribution in [2.75, 3.05) is 19.4 Å². The SMILES string of the molecule is Cc1[nH]c(CN(C)C)c(C)c1-c1ccnc(Nc2cccc([N+](=O)[O-])c2)n1. The van der Waals surface area contributed by atoms with Gasteiger partial charge >= 0.3 is 0 Å². The smallest absolute Gasteiger partial charge is 0.271 e. The maximum Gasteiger partial charge on any atom is 0.271 e. The normalized spacial score (nSPS) is 11.0. The van der Waals surface area contributed by atoms with E-state index in [4.69, 9.17) is 0 Å². The van der Waals surface area contributed by atoms with E-state index in [2.05, 4.69) is 32.1 Å². The number of aromatic nitrogens is 3. The second-order valence-corrected chi connectivity index (χ2v) is 6.66. The predicted octanol–water partition coefficient (Wildman–Crippen LogP) is 3.80. The number of nitrogens with one attached hydrogen (secondary N) is 2. The van der Waals surface area contributed by atoms with E-state index in [0.29, 0.717) is 11.6 Å². The molecule has 0 saturated carbocycles. The Labute approximate surface area is 157 Å². The number of aromatic amines is 1. The molecule has 140 valence electrons. The molecule has 3 rings (SSSR count). The Kier molecular flexibility index (Phi) is 5.18. The number of hydrogen-bond acceptors (Lipinski definition) is 6. The molecular weight excluding hydrogens is 344 g/mol. The Balaban J connectivity index is 1.92. The summed E-state index contributed by atoms with van der Waals surface area (Å²) in [6, 6.07) is 8.13. The van der Waals surface area contributed by atoms with Crippen molar-refractivity contribution in [2.24, 2.45) is 0 Å². The van der Waals surface area contributed by atoms with Crippen LogP contribution in [0.25, 0.3) is 11.3 Å². The minimum atomic E-state index is -0.429. The molecule has 0 radical (unpaired) electrons.